The fourth-order valence-corrected chi connectivity index (χ4v) is 2.48. The van der Waals surface area contributed by atoms with Crippen LogP contribution in [0.1, 0.15) is 4.88 Å². The molecule has 0 spiro atoms. The molecule has 0 radical (unpaired) electrons. The zero-order valence-corrected chi connectivity index (χ0v) is 9.14. The van der Waals surface area contributed by atoms with Gasteiger partial charge >= 0.3 is 0 Å². The molecule has 0 unspecified atom stereocenters. The molecule has 0 saturated carbocycles. The van der Waals surface area contributed by atoms with E-state index in [0.717, 1.165) is 20.1 Å². The maximum absolute atomic E-state index is 12.7. The largest absolute Gasteiger partial charge is 0.337 e. The third kappa shape index (κ3) is 1.76. The van der Waals surface area contributed by atoms with Crippen LogP contribution in [0, 0.1) is 16.7 Å². The Bertz CT molecular complexity index is 496. The zero-order chi connectivity index (χ0) is 10.1. The number of benzene rings is 1. The van der Waals surface area contributed by atoms with Gasteiger partial charge in [-0.3, -0.25) is 0 Å². The van der Waals surface area contributed by atoms with Gasteiger partial charge in [-0.15, -0.1) is 11.3 Å². The standard InChI is InChI=1S/C10H8FNS2/c1-6-9(12-10(13)14-6)7-2-4-8(11)5-3-7/h2-5H,1H3,(H,12,13). The van der Waals surface area contributed by atoms with Crippen LogP contribution in [0.15, 0.2) is 24.3 Å². The van der Waals surface area contributed by atoms with Gasteiger partial charge in [-0.25, -0.2) is 4.39 Å². The Balaban J connectivity index is 2.54. The summed E-state index contributed by atoms with van der Waals surface area (Å²) in [5.41, 5.74) is 1.95. The molecule has 0 atom stereocenters. The predicted octanol–water partition coefficient (Wildman–Crippen LogP) is 3.92. The van der Waals surface area contributed by atoms with Gasteiger partial charge in [0.2, 0.25) is 0 Å². The first-order valence-corrected chi connectivity index (χ1v) is 5.35. The average Bonchev–Trinajstić information content (AvgIpc) is 2.47. The maximum Gasteiger partial charge on any atom is 0.159 e. The quantitative estimate of drug-likeness (QED) is 0.727. The van der Waals surface area contributed by atoms with Crippen molar-refractivity contribution in [3.63, 3.8) is 0 Å². The Labute approximate surface area is 90.2 Å². The second kappa shape index (κ2) is 3.63. The Morgan fingerprint density at radius 3 is 2.43 bits per heavy atom. The molecule has 0 fully saturated rings. The molecular weight excluding hydrogens is 217 g/mol. The normalized spacial score (nSPS) is 10.4. The lowest BCUT2D eigenvalue weighted by Crippen LogP contribution is -1.80. The molecule has 0 saturated heterocycles. The molecular formula is C10H8FNS2. The number of hydrogen-bond donors (Lipinski definition) is 1. The lowest BCUT2D eigenvalue weighted by molar-refractivity contribution is 0.628. The maximum atomic E-state index is 12.7. The van der Waals surface area contributed by atoms with Gasteiger partial charge in [0.25, 0.3) is 0 Å². The zero-order valence-electron chi connectivity index (χ0n) is 7.50. The molecule has 2 aromatic rings. The molecule has 0 bridgehead atoms. The Kier molecular flexibility index (Phi) is 2.48. The Hall–Kier alpha value is -1.00. The number of halogens is 1. The minimum atomic E-state index is -0.222. The molecule has 0 aliphatic carbocycles. The second-order valence-electron chi connectivity index (χ2n) is 2.95. The van der Waals surface area contributed by atoms with Gasteiger partial charge < -0.3 is 4.98 Å². The first-order chi connectivity index (χ1) is 6.66. The van der Waals surface area contributed by atoms with E-state index in [9.17, 15) is 4.39 Å². The van der Waals surface area contributed by atoms with Crippen molar-refractivity contribution in [1.82, 2.24) is 4.98 Å². The Morgan fingerprint density at radius 1 is 1.29 bits per heavy atom. The highest BCUT2D eigenvalue weighted by Gasteiger charge is 2.04. The van der Waals surface area contributed by atoms with E-state index in [-0.39, 0.29) is 5.82 Å². The molecule has 0 amide bonds. The SMILES string of the molecule is Cc1sc(=S)[nH]c1-c1ccc(F)cc1. The van der Waals surface area contributed by atoms with Gasteiger partial charge in [0.15, 0.2) is 3.95 Å². The van der Waals surface area contributed by atoms with Crippen LogP contribution in [-0.2, 0) is 0 Å². The summed E-state index contributed by atoms with van der Waals surface area (Å²) in [6, 6.07) is 6.39. The van der Waals surface area contributed by atoms with Gasteiger partial charge in [-0.05, 0) is 49.0 Å². The lowest BCUT2D eigenvalue weighted by Gasteiger charge is -1.98. The number of hydrogen-bond acceptors (Lipinski definition) is 2. The van der Waals surface area contributed by atoms with E-state index in [1.165, 1.54) is 23.5 Å². The molecule has 0 aliphatic rings. The molecule has 4 heteroatoms. The molecule has 1 nitrogen and oxygen atoms in total. The third-order valence-electron chi connectivity index (χ3n) is 1.96. The van der Waals surface area contributed by atoms with E-state index in [1.807, 2.05) is 6.92 Å². The summed E-state index contributed by atoms with van der Waals surface area (Å²) in [5.74, 6) is -0.222. The van der Waals surface area contributed by atoms with Crippen molar-refractivity contribution in [1.29, 1.82) is 0 Å². The topological polar surface area (TPSA) is 15.8 Å². The van der Waals surface area contributed by atoms with Crippen LogP contribution in [0.25, 0.3) is 11.3 Å². The van der Waals surface area contributed by atoms with Gasteiger partial charge in [0.1, 0.15) is 5.82 Å². The van der Waals surface area contributed by atoms with Crippen LogP contribution in [0.3, 0.4) is 0 Å². The molecule has 1 aromatic heterocycles. The van der Waals surface area contributed by atoms with E-state index in [0.29, 0.717) is 0 Å². The molecule has 0 aliphatic heterocycles. The van der Waals surface area contributed by atoms with Crippen LogP contribution < -0.4 is 0 Å². The Morgan fingerprint density at radius 2 is 1.93 bits per heavy atom. The van der Waals surface area contributed by atoms with E-state index in [1.54, 1.807) is 12.1 Å². The van der Waals surface area contributed by atoms with Crippen LogP contribution in [0.2, 0.25) is 0 Å². The first-order valence-electron chi connectivity index (χ1n) is 4.12. The summed E-state index contributed by atoms with van der Waals surface area (Å²) >= 11 is 6.57. The van der Waals surface area contributed by atoms with Crippen molar-refractivity contribution < 1.29 is 4.39 Å². The highest BCUT2D eigenvalue weighted by atomic mass is 32.1. The minimum Gasteiger partial charge on any atom is -0.337 e. The van der Waals surface area contributed by atoms with Crippen molar-refractivity contribution in [3.8, 4) is 11.3 Å². The molecule has 72 valence electrons. The van der Waals surface area contributed by atoms with Crippen molar-refractivity contribution in [2.45, 2.75) is 6.92 Å². The summed E-state index contributed by atoms with van der Waals surface area (Å²) < 4.78 is 13.4. The molecule has 1 N–H and O–H groups in total. The van der Waals surface area contributed by atoms with Crippen molar-refractivity contribution in [2.24, 2.45) is 0 Å². The van der Waals surface area contributed by atoms with Crippen molar-refractivity contribution in [3.05, 3.63) is 38.9 Å². The first kappa shape index (κ1) is 9.55. The minimum absolute atomic E-state index is 0.222. The third-order valence-corrected chi connectivity index (χ3v) is 3.11. The van der Waals surface area contributed by atoms with E-state index >= 15 is 0 Å². The summed E-state index contributed by atoms with van der Waals surface area (Å²) in [6.07, 6.45) is 0. The van der Waals surface area contributed by atoms with Gasteiger partial charge in [0.05, 0.1) is 5.69 Å². The van der Waals surface area contributed by atoms with Crippen molar-refractivity contribution >= 4 is 23.6 Å². The number of aromatic amines is 1. The van der Waals surface area contributed by atoms with Gasteiger partial charge in [0, 0.05) is 4.88 Å². The van der Waals surface area contributed by atoms with Crippen LogP contribution in [0.4, 0.5) is 4.39 Å². The van der Waals surface area contributed by atoms with E-state index in [2.05, 4.69) is 4.98 Å². The monoisotopic (exact) mass is 225 g/mol. The van der Waals surface area contributed by atoms with Crippen LogP contribution in [-0.4, -0.2) is 4.98 Å². The van der Waals surface area contributed by atoms with Crippen LogP contribution >= 0.6 is 23.6 Å². The fourth-order valence-electron chi connectivity index (χ4n) is 1.30. The molecule has 1 aromatic carbocycles. The summed E-state index contributed by atoms with van der Waals surface area (Å²) in [4.78, 5) is 4.22. The fraction of sp³-hybridized carbons (Fsp3) is 0.100. The summed E-state index contributed by atoms with van der Waals surface area (Å²) in [6.45, 7) is 2.00. The van der Waals surface area contributed by atoms with Crippen LogP contribution in [0.5, 0.6) is 0 Å². The number of thiazole rings is 1. The van der Waals surface area contributed by atoms with Gasteiger partial charge in [-0.1, -0.05) is 0 Å². The highest BCUT2D eigenvalue weighted by Crippen LogP contribution is 2.25. The second-order valence-corrected chi connectivity index (χ2v) is 4.84. The predicted molar refractivity (Wildman–Crippen MR) is 59.6 cm³/mol. The molecule has 14 heavy (non-hydrogen) atoms. The lowest BCUT2D eigenvalue weighted by atomic mass is 10.1. The van der Waals surface area contributed by atoms with Gasteiger partial charge in [-0.2, -0.15) is 0 Å². The number of H-pyrrole nitrogens is 1. The molecule has 1 heterocycles. The number of rotatable bonds is 1. The van der Waals surface area contributed by atoms with Crippen molar-refractivity contribution in [2.75, 3.05) is 0 Å². The van der Waals surface area contributed by atoms with E-state index < -0.39 is 0 Å². The highest BCUT2D eigenvalue weighted by molar-refractivity contribution is 7.73. The summed E-state index contributed by atoms with van der Waals surface area (Å²) in [7, 11) is 0. The number of aromatic nitrogens is 1. The number of nitrogens with one attached hydrogen (secondary N) is 1. The number of aryl methyl sites for hydroxylation is 1. The smallest absolute Gasteiger partial charge is 0.159 e. The molecule has 2 rings (SSSR count). The summed E-state index contributed by atoms with van der Waals surface area (Å²) in [5, 5.41) is 0. The average molecular weight is 225 g/mol. The van der Waals surface area contributed by atoms with E-state index in [4.69, 9.17) is 12.2 Å².